The van der Waals surface area contributed by atoms with E-state index >= 15 is 0 Å². The lowest BCUT2D eigenvalue weighted by Gasteiger charge is -2.16. The average Bonchev–Trinajstić information content (AvgIpc) is 2.96. The molecule has 0 fully saturated rings. The maximum atomic E-state index is 14.0. The Bertz CT molecular complexity index is 787. The van der Waals surface area contributed by atoms with E-state index < -0.39 is 0 Å². The lowest BCUT2D eigenvalue weighted by molar-refractivity contribution is 0.190. The molecule has 22 heavy (non-hydrogen) atoms. The van der Waals surface area contributed by atoms with Gasteiger partial charge in [-0.2, -0.15) is 9.61 Å². The molecule has 0 aliphatic heterocycles. The highest BCUT2D eigenvalue weighted by Crippen LogP contribution is 2.24. The number of fused-ring (bicyclic) bond motifs is 1. The summed E-state index contributed by atoms with van der Waals surface area (Å²) in [4.78, 5) is 4.47. The molecular weight excluding hydrogens is 283 g/mol. The zero-order valence-electron chi connectivity index (χ0n) is 12.5. The van der Waals surface area contributed by atoms with Crippen molar-refractivity contribution < 1.29 is 9.13 Å². The Kier molecular flexibility index (Phi) is 4.02. The van der Waals surface area contributed by atoms with E-state index in [1.54, 1.807) is 48.2 Å². The van der Waals surface area contributed by atoms with E-state index in [0.717, 1.165) is 5.82 Å². The zero-order chi connectivity index (χ0) is 15.5. The monoisotopic (exact) mass is 300 g/mol. The van der Waals surface area contributed by atoms with Gasteiger partial charge in [-0.15, -0.1) is 0 Å². The number of hydrogen-bond acceptors (Lipinski definition) is 4. The normalized spacial score (nSPS) is 12.5. The zero-order valence-corrected chi connectivity index (χ0v) is 12.5. The summed E-state index contributed by atoms with van der Waals surface area (Å²) in [6.45, 7) is 2.56. The highest BCUT2D eigenvalue weighted by Gasteiger charge is 2.12. The molecule has 0 bridgehead atoms. The lowest BCUT2D eigenvalue weighted by atomic mass is 10.1. The third-order valence-corrected chi connectivity index (χ3v) is 3.32. The van der Waals surface area contributed by atoms with E-state index in [4.69, 9.17) is 4.74 Å². The molecule has 3 aromatic rings. The van der Waals surface area contributed by atoms with E-state index in [9.17, 15) is 4.39 Å². The molecule has 114 valence electrons. The molecule has 2 aromatic heterocycles. The number of rotatable bonds is 5. The van der Waals surface area contributed by atoms with Crippen molar-refractivity contribution in [2.24, 2.45) is 0 Å². The second-order valence-electron chi connectivity index (χ2n) is 5.11. The molecule has 5 nitrogen and oxygen atoms in total. The molecule has 0 amide bonds. The molecule has 1 unspecified atom stereocenters. The van der Waals surface area contributed by atoms with Crippen LogP contribution in [0.4, 0.5) is 10.2 Å². The molecule has 6 heteroatoms. The van der Waals surface area contributed by atoms with Crippen LogP contribution in [-0.4, -0.2) is 34.4 Å². The standard InChI is InChI=1S/C16H17FN4O/c1-11(10-22-2)19-16-9-14(12-5-3-4-6-13(12)17)20-15-7-8-18-21(15)16/h3-9,11,19H,10H2,1-2H3. The van der Waals surface area contributed by atoms with Crippen molar-refractivity contribution in [2.75, 3.05) is 19.0 Å². The molecule has 0 aliphatic rings. The molecule has 1 atom stereocenters. The fourth-order valence-corrected chi connectivity index (χ4v) is 2.37. The van der Waals surface area contributed by atoms with Gasteiger partial charge in [0.25, 0.3) is 0 Å². The first-order valence-electron chi connectivity index (χ1n) is 7.04. The van der Waals surface area contributed by atoms with Crippen LogP contribution in [-0.2, 0) is 4.74 Å². The van der Waals surface area contributed by atoms with Crippen molar-refractivity contribution in [3.63, 3.8) is 0 Å². The Morgan fingerprint density at radius 3 is 2.91 bits per heavy atom. The third kappa shape index (κ3) is 2.78. The average molecular weight is 300 g/mol. The fourth-order valence-electron chi connectivity index (χ4n) is 2.37. The molecule has 1 N–H and O–H groups in total. The third-order valence-electron chi connectivity index (χ3n) is 3.32. The van der Waals surface area contributed by atoms with Gasteiger partial charge in [0.05, 0.1) is 18.5 Å². The van der Waals surface area contributed by atoms with Crippen molar-refractivity contribution in [3.8, 4) is 11.3 Å². The van der Waals surface area contributed by atoms with Crippen LogP contribution in [0.15, 0.2) is 42.6 Å². The minimum Gasteiger partial charge on any atom is -0.383 e. The minimum absolute atomic E-state index is 0.0910. The van der Waals surface area contributed by atoms with Gasteiger partial charge in [0.1, 0.15) is 11.6 Å². The first kappa shape index (κ1) is 14.5. The van der Waals surface area contributed by atoms with Crippen LogP contribution in [0.1, 0.15) is 6.92 Å². The first-order valence-corrected chi connectivity index (χ1v) is 7.04. The van der Waals surface area contributed by atoms with Crippen molar-refractivity contribution in [3.05, 3.63) is 48.4 Å². The maximum absolute atomic E-state index is 14.0. The summed E-state index contributed by atoms with van der Waals surface area (Å²) in [5.41, 5.74) is 1.69. The Balaban J connectivity index is 2.07. The SMILES string of the molecule is COCC(C)Nc1cc(-c2ccccc2F)nc2ccnn12. The van der Waals surface area contributed by atoms with Gasteiger partial charge in [-0.25, -0.2) is 9.37 Å². The fraction of sp³-hybridized carbons (Fsp3) is 0.250. The van der Waals surface area contributed by atoms with Crippen LogP contribution in [0.25, 0.3) is 16.9 Å². The Morgan fingerprint density at radius 2 is 2.14 bits per heavy atom. The summed E-state index contributed by atoms with van der Waals surface area (Å²) >= 11 is 0. The van der Waals surface area contributed by atoms with Crippen molar-refractivity contribution in [1.82, 2.24) is 14.6 Å². The summed E-state index contributed by atoms with van der Waals surface area (Å²) in [6, 6.07) is 10.3. The van der Waals surface area contributed by atoms with E-state index in [0.29, 0.717) is 23.5 Å². The van der Waals surface area contributed by atoms with Crippen LogP contribution in [0, 0.1) is 5.82 Å². The number of halogens is 1. The van der Waals surface area contributed by atoms with Gasteiger partial charge in [-0.05, 0) is 19.1 Å². The van der Waals surface area contributed by atoms with Crippen molar-refractivity contribution in [2.45, 2.75) is 13.0 Å². The Labute approximate surface area is 127 Å². The van der Waals surface area contributed by atoms with E-state index in [1.165, 1.54) is 6.07 Å². The summed E-state index contributed by atoms with van der Waals surface area (Å²) < 4.78 is 20.8. The summed E-state index contributed by atoms with van der Waals surface area (Å²) in [7, 11) is 1.65. The topological polar surface area (TPSA) is 51.5 Å². The molecule has 0 spiro atoms. The van der Waals surface area contributed by atoms with Crippen LogP contribution >= 0.6 is 0 Å². The summed E-state index contributed by atoms with van der Waals surface area (Å²) in [5.74, 6) is 0.451. The number of nitrogens with one attached hydrogen (secondary N) is 1. The molecular formula is C16H17FN4O. The molecule has 0 saturated heterocycles. The second-order valence-corrected chi connectivity index (χ2v) is 5.11. The van der Waals surface area contributed by atoms with Crippen LogP contribution in [0.3, 0.4) is 0 Å². The van der Waals surface area contributed by atoms with Gasteiger partial charge in [-0.1, -0.05) is 12.1 Å². The number of benzene rings is 1. The first-order chi connectivity index (χ1) is 10.7. The number of nitrogens with zero attached hydrogens (tertiary/aromatic N) is 3. The van der Waals surface area contributed by atoms with Gasteiger partial charge in [0, 0.05) is 30.8 Å². The number of ether oxygens (including phenoxy) is 1. The van der Waals surface area contributed by atoms with Gasteiger partial charge in [0.2, 0.25) is 0 Å². The number of anilines is 1. The molecule has 3 rings (SSSR count). The van der Waals surface area contributed by atoms with Crippen LogP contribution in [0.5, 0.6) is 0 Å². The highest BCUT2D eigenvalue weighted by molar-refractivity contribution is 5.67. The van der Waals surface area contributed by atoms with Gasteiger partial charge >= 0.3 is 0 Å². The lowest BCUT2D eigenvalue weighted by Crippen LogP contribution is -2.22. The Morgan fingerprint density at radius 1 is 1.32 bits per heavy atom. The summed E-state index contributed by atoms with van der Waals surface area (Å²) in [5, 5.41) is 7.56. The maximum Gasteiger partial charge on any atom is 0.157 e. The predicted octanol–water partition coefficient (Wildman–Crippen LogP) is 2.98. The molecule has 0 radical (unpaired) electrons. The van der Waals surface area contributed by atoms with Gasteiger partial charge in [0.15, 0.2) is 5.65 Å². The predicted molar refractivity (Wildman–Crippen MR) is 83.3 cm³/mol. The van der Waals surface area contributed by atoms with Gasteiger partial charge < -0.3 is 10.1 Å². The molecule has 0 saturated carbocycles. The van der Waals surface area contributed by atoms with E-state index in [-0.39, 0.29) is 11.9 Å². The van der Waals surface area contributed by atoms with Crippen LogP contribution < -0.4 is 5.32 Å². The largest absolute Gasteiger partial charge is 0.383 e. The van der Waals surface area contributed by atoms with E-state index in [2.05, 4.69) is 15.4 Å². The van der Waals surface area contributed by atoms with Gasteiger partial charge in [-0.3, -0.25) is 0 Å². The number of hydrogen-bond donors (Lipinski definition) is 1. The number of methoxy groups -OCH3 is 1. The molecule has 2 heterocycles. The minimum atomic E-state index is -0.297. The smallest absolute Gasteiger partial charge is 0.157 e. The quantitative estimate of drug-likeness (QED) is 0.787. The highest BCUT2D eigenvalue weighted by atomic mass is 19.1. The number of aromatic nitrogens is 3. The second kappa shape index (κ2) is 6.11. The van der Waals surface area contributed by atoms with Crippen molar-refractivity contribution in [1.29, 1.82) is 0 Å². The molecule has 0 aliphatic carbocycles. The molecule has 1 aromatic carbocycles. The van der Waals surface area contributed by atoms with Crippen molar-refractivity contribution >= 4 is 11.5 Å². The van der Waals surface area contributed by atoms with E-state index in [1.807, 2.05) is 6.92 Å². The Hall–Kier alpha value is -2.47. The van der Waals surface area contributed by atoms with Crippen LogP contribution in [0.2, 0.25) is 0 Å². The summed E-state index contributed by atoms with van der Waals surface area (Å²) in [6.07, 6.45) is 1.67.